The number of cyclic esters (lactones) is 1. The first-order valence-corrected chi connectivity index (χ1v) is 6.67. The maximum absolute atomic E-state index is 11.9. The van der Waals surface area contributed by atoms with Gasteiger partial charge in [0.05, 0.1) is 6.54 Å². The van der Waals surface area contributed by atoms with Crippen LogP contribution in [0.3, 0.4) is 0 Å². The second kappa shape index (κ2) is 6.38. The van der Waals surface area contributed by atoms with Gasteiger partial charge in [-0.15, -0.1) is 0 Å². The number of rotatable bonds is 5. The molecule has 1 heterocycles. The van der Waals surface area contributed by atoms with Crippen LogP contribution in [-0.2, 0) is 9.53 Å². The third-order valence-electron chi connectivity index (χ3n) is 3.23. The van der Waals surface area contributed by atoms with Crippen molar-refractivity contribution in [2.45, 2.75) is 13.3 Å². The molecule has 108 valence electrons. The fraction of sp³-hybridized carbons (Fsp3) is 0.429. The third kappa shape index (κ3) is 3.27. The van der Waals surface area contributed by atoms with Crippen LogP contribution in [-0.4, -0.2) is 31.7 Å². The summed E-state index contributed by atoms with van der Waals surface area (Å²) in [5.74, 6) is -0.211. The number of amides is 2. The molecule has 1 aromatic carbocycles. The van der Waals surface area contributed by atoms with E-state index in [0.717, 1.165) is 5.69 Å². The van der Waals surface area contributed by atoms with Gasteiger partial charge in [-0.25, -0.2) is 4.79 Å². The quantitative estimate of drug-likeness (QED) is 0.855. The summed E-state index contributed by atoms with van der Waals surface area (Å²) in [6.07, 6.45) is 0.286. The molecule has 2 rings (SSSR count). The van der Waals surface area contributed by atoms with Crippen molar-refractivity contribution in [1.82, 2.24) is 0 Å². The lowest BCUT2D eigenvalue weighted by molar-refractivity contribution is -0.119. The van der Waals surface area contributed by atoms with E-state index in [1.807, 2.05) is 13.0 Å². The molecule has 0 radical (unpaired) electrons. The summed E-state index contributed by atoms with van der Waals surface area (Å²) < 4.78 is 4.90. The highest BCUT2D eigenvalue weighted by Gasteiger charge is 2.23. The molecular formula is C14H19N3O3. The van der Waals surface area contributed by atoms with Gasteiger partial charge in [0.15, 0.2) is 0 Å². The minimum atomic E-state index is -0.357. The normalized spacial score (nSPS) is 15.9. The Balaban J connectivity index is 2.06. The van der Waals surface area contributed by atoms with E-state index in [2.05, 4.69) is 5.32 Å². The molecule has 2 amide bonds. The summed E-state index contributed by atoms with van der Waals surface area (Å²) >= 11 is 0. The minimum Gasteiger partial charge on any atom is -0.447 e. The Hall–Kier alpha value is -2.08. The van der Waals surface area contributed by atoms with E-state index < -0.39 is 0 Å². The molecule has 6 heteroatoms. The molecule has 6 nitrogen and oxygen atoms in total. The maximum atomic E-state index is 11.9. The highest BCUT2D eigenvalue weighted by Crippen LogP contribution is 2.22. The largest absolute Gasteiger partial charge is 0.447 e. The van der Waals surface area contributed by atoms with E-state index in [9.17, 15) is 9.59 Å². The Morgan fingerprint density at radius 1 is 1.55 bits per heavy atom. The number of nitrogens with one attached hydrogen (secondary N) is 1. The van der Waals surface area contributed by atoms with Gasteiger partial charge in [0.1, 0.15) is 6.61 Å². The molecule has 3 N–H and O–H groups in total. The molecule has 0 bridgehead atoms. The number of carbonyl (C=O) groups excluding carboxylic acids is 2. The van der Waals surface area contributed by atoms with Gasteiger partial charge in [-0.05, 0) is 31.2 Å². The Morgan fingerprint density at radius 2 is 2.35 bits per heavy atom. The van der Waals surface area contributed by atoms with Gasteiger partial charge in [0, 0.05) is 17.3 Å². The van der Waals surface area contributed by atoms with Gasteiger partial charge in [-0.3, -0.25) is 9.69 Å². The fourth-order valence-corrected chi connectivity index (χ4v) is 2.03. The maximum Gasteiger partial charge on any atom is 0.414 e. The number of carbonyl (C=O) groups is 2. The van der Waals surface area contributed by atoms with E-state index in [4.69, 9.17) is 10.5 Å². The van der Waals surface area contributed by atoms with Gasteiger partial charge in [0.2, 0.25) is 5.91 Å². The first-order chi connectivity index (χ1) is 9.61. The van der Waals surface area contributed by atoms with E-state index in [1.165, 1.54) is 0 Å². The molecule has 1 atom stereocenters. The van der Waals surface area contributed by atoms with Crippen LogP contribution in [0.4, 0.5) is 16.2 Å². The third-order valence-corrected chi connectivity index (χ3v) is 3.23. The molecular weight excluding hydrogens is 258 g/mol. The first kappa shape index (κ1) is 14.3. The van der Waals surface area contributed by atoms with Crippen molar-refractivity contribution in [1.29, 1.82) is 0 Å². The zero-order valence-corrected chi connectivity index (χ0v) is 11.5. The molecule has 1 aliphatic heterocycles. The molecule has 0 spiro atoms. The molecule has 1 aromatic rings. The second-order valence-corrected chi connectivity index (χ2v) is 4.78. The smallest absolute Gasteiger partial charge is 0.414 e. The Kier molecular flexibility index (Phi) is 4.57. The lowest BCUT2D eigenvalue weighted by Gasteiger charge is -2.15. The predicted molar refractivity (Wildman–Crippen MR) is 76.6 cm³/mol. The summed E-state index contributed by atoms with van der Waals surface area (Å²) in [6.45, 7) is 3.24. The molecule has 1 saturated heterocycles. The van der Waals surface area contributed by atoms with Crippen LogP contribution in [0.15, 0.2) is 24.3 Å². The van der Waals surface area contributed by atoms with E-state index >= 15 is 0 Å². The number of ether oxygens (including phenoxy) is 1. The summed E-state index contributed by atoms with van der Waals surface area (Å²) in [5.41, 5.74) is 6.83. The van der Waals surface area contributed by atoms with Gasteiger partial charge >= 0.3 is 6.09 Å². The van der Waals surface area contributed by atoms with Crippen molar-refractivity contribution >= 4 is 23.4 Å². The van der Waals surface area contributed by atoms with Crippen LogP contribution >= 0.6 is 0 Å². The molecule has 0 aromatic heterocycles. The summed E-state index contributed by atoms with van der Waals surface area (Å²) in [7, 11) is 0. The monoisotopic (exact) mass is 277 g/mol. The fourth-order valence-electron chi connectivity index (χ4n) is 2.03. The standard InChI is InChI=1S/C14H19N3O3/c1-10(5-6-15)13(18)16-11-3-2-4-12(9-11)17-7-8-20-14(17)19/h2-4,9-10H,5-8,15H2,1H3,(H,16,18). The van der Waals surface area contributed by atoms with E-state index in [1.54, 1.807) is 23.1 Å². The van der Waals surface area contributed by atoms with E-state index in [-0.39, 0.29) is 17.9 Å². The summed E-state index contributed by atoms with van der Waals surface area (Å²) in [4.78, 5) is 25.0. The second-order valence-electron chi connectivity index (χ2n) is 4.78. The molecule has 1 fully saturated rings. The van der Waals surface area contributed by atoms with Crippen LogP contribution < -0.4 is 16.0 Å². The van der Waals surface area contributed by atoms with E-state index in [0.29, 0.717) is 31.8 Å². The zero-order valence-electron chi connectivity index (χ0n) is 11.5. The molecule has 0 aliphatic carbocycles. The van der Waals surface area contributed by atoms with Gasteiger partial charge in [-0.2, -0.15) is 0 Å². The van der Waals surface area contributed by atoms with Crippen LogP contribution in [0, 0.1) is 5.92 Å². The lowest BCUT2D eigenvalue weighted by Crippen LogP contribution is -2.24. The Labute approximate surface area is 117 Å². The number of hydrogen-bond acceptors (Lipinski definition) is 4. The van der Waals surface area contributed by atoms with Crippen molar-refractivity contribution in [3.05, 3.63) is 24.3 Å². The summed E-state index contributed by atoms with van der Waals surface area (Å²) in [6, 6.07) is 7.16. The lowest BCUT2D eigenvalue weighted by atomic mass is 10.1. The Bertz CT molecular complexity index is 504. The highest BCUT2D eigenvalue weighted by atomic mass is 16.6. The predicted octanol–water partition coefficient (Wildman–Crippen LogP) is 1.57. The van der Waals surface area contributed by atoms with Gasteiger partial charge in [-0.1, -0.05) is 13.0 Å². The molecule has 1 unspecified atom stereocenters. The van der Waals surface area contributed by atoms with Crippen LogP contribution in [0.5, 0.6) is 0 Å². The van der Waals surface area contributed by atoms with Crippen LogP contribution in [0.1, 0.15) is 13.3 Å². The zero-order chi connectivity index (χ0) is 14.5. The van der Waals surface area contributed by atoms with Crippen molar-refractivity contribution in [3.8, 4) is 0 Å². The summed E-state index contributed by atoms with van der Waals surface area (Å²) in [5, 5.41) is 2.83. The minimum absolute atomic E-state index is 0.0726. The molecule has 0 saturated carbocycles. The van der Waals surface area contributed by atoms with Crippen molar-refractivity contribution in [3.63, 3.8) is 0 Å². The molecule has 20 heavy (non-hydrogen) atoms. The van der Waals surface area contributed by atoms with Gasteiger partial charge in [0.25, 0.3) is 0 Å². The van der Waals surface area contributed by atoms with Gasteiger partial charge < -0.3 is 15.8 Å². The number of anilines is 2. The van der Waals surface area contributed by atoms with Crippen LogP contribution in [0.2, 0.25) is 0 Å². The van der Waals surface area contributed by atoms with Crippen molar-refractivity contribution < 1.29 is 14.3 Å². The topological polar surface area (TPSA) is 84.7 Å². The number of nitrogens with two attached hydrogens (primary N) is 1. The first-order valence-electron chi connectivity index (χ1n) is 6.67. The van der Waals surface area contributed by atoms with Crippen LogP contribution in [0.25, 0.3) is 0 Å². The SMILES string of the molecule is CC(CCN)C(=O)Nc1cccc(N2CCOC2=O)c1. The Morgan fingerprint density at radius 3 is 3.00 bits per heavy atom. The average Bonchev–Trinajstić information content (AvgIpc) is 2.85. The number of hydrogen-bond donors (Lipinski definition) is 2. The molecule has 1 aliphatic rings. The number of nitrogens with zero attached hydrogens (tertiary/aromatic N) is 1. The average molecular weight is 277 g/mol. The number of benzene rings is 1. The van der Waals surface area contributed by atoms with Crippen molar-refractivity contribution in [2.75, 3.05) is 29.9 Å². The van der Waals surface area contributed by atoms with Crippen molar-refractivity contribution in [2.24, 2.45) is 11.7 Å². The highest BCUT2D eigenvalue weighted by molar-refractivity contribution is 5.94.